The molecule has 0 unspecified atom stereocenters. The van der Waals surface area contributed by atoms with Crippen LogP contribution in [0.25, 0.3) is 11.4 Å². The van der Waals surface area contributed by atoms with Gasteiger partial charge in [-0.05, 0) is 19.1 Å². The lowest BCUT2D eigenvalue weighted by Crippen LogP contribution is -2.14. The fraction of sp³-hybridized carbons (Fsp3) is 0.273. The Morgan fingerprint density at radius 2 is 2.39 bits per heavy atom. The number of H-pyrrole nitrogens is 1. The van der Waals surface area contributed by atoms with Gasteiger partial charge < -0.3 is 4.74 Å². The molecule has 0 amide bonds. The summed E-state index contributed by atoms with van der Waals surface area (Å²) in [6.07, 6.45) is 3.38. The van der Waals surface area contributed by atoms with Crippen molar-refractivity contribution in [1.29, 1.82) is 0 Å². The Kier molecular flexibility index (Phi) is 3.93. The second-order valence-electron chi connectivity index (χ2n) is 3.49. The lowest BCUT2D eigenvalue weighted by molar-refractivity contribution is -0.139. The first-order valence-electron chi connectivity index (χ1n) is 5.28. The van der Waals surface area contributed by atoms with Crippen molar-refractivity contribution in [2.24, 2.45) is 0 Å². The first-order valence-corrected chi connectivity index (χ1v) is 6.16. The topological polar surface area (TPSA) is 80.8 Å². The number of methoxy groups -OCH3 is 1. The van der Waals surface area contributed by atoms with Crippen LogP contribution < -0.4 is 0 Å². The number of thioether (sulfide) groups is 1. The van der Waals surface area contributed by atoms with Crippen LogP contribution in [-0.4, -0.2) is 38.5 Å². The summed E-state index contributed by atoms with van der Waals surface area (Å²) < 4.78 is 4.64. The van der Waals surface area contributed by atoms with Crippen LogP contribution in [0.1, 0.15) is 6.92 Å². The molecule has 2 rings (SSSR count). The Morgan fingerprint density at radius 1 is 1.56 bits per heavy atom. The predicted octanol–water partition coefficient (Wildman–Crippen LogP) is 1.52. The largest absolute Gasteiger partial charge is 0.468 e. The second kappa shape index (κ2) is 5.63. The lowest BCUT2D eigenvalue weighted by atomic mass is 10.3. The highest BCUT2D eigenvalue weighted by molar-refractivity contribution is 8.00. The van der Waals surface area contributed by atoms with Crippen LogP contribution in [0.2, 0.25) is 0 Å². The van der Waals surface area contributed by atoms with Crippen LogP contribution in [0.3, 0.4) is 0 Å². The summed E-state index contributed by atoms with van der Waals surface area (Å²) in [5.74, 6) is 0.329. The lowest BCUT2D eigenvalue weighted by Gasteiger charge is -2.04. The van der Waals surface area contributed by atoms with Crippen molar-refractivity contribution in [3.05, 3.63) is 24.5 Å². The van der Waals surface area contributed by atoms with E-state index in [2.05, 4.69) is 24.9 Å². The number of hydrogen-bond acceptors (Lipinski definition) is 6. The molecule has 2 heterocycles. The molecule has 2 aromatic rings. The first-order chi connectivity index (χ1) is 8.70. The van der Waals surface area contributed by atoms with Gasteiger partial charge in [0.15, 0.2) is 5.82 Å². The van der Waals surface area contributed by atoms with E-state index < -0.39 is 0 Å². The predicted molar refractivity (Wildman–Crippen MR) is 66.9 cm³/mol. The van der Waals surface area contributed by atoms with Gasteiger partial charge in [0.1, 0.15) is 5.25 Å². The zero-order valence-electron chi connectivity index (χ0n) is 9.95. The number of aromatic amines is 1. The average Bonchev–Trinajstić information content (AvgIpc) is 2.87. The standard InChI is InChI=1S/C11H12N4O2S/c1-7(10(16)17-2)18-11-13-9(14-15-11)8-4-3-5-12-6-8/h3-7H,1-2H3,(H,13,14,15)/t7-/m0/s1. The Hall–Kier alpha value is -1.89. The molecule has 0 aliphatic heterocycles. The fourth-order valence-corrected chi connectivity index (χ4v) is 2.05. The number of nitrogens with one attached hydrogen (secondary N) is 1. The molecule has 1 atom stereocenters. The van der Waals surface area contributed by atoms with Gasteiger partial charge in [-0.3, -0.25) is 14.9 Å². The van der Waals surface area contributed by atoms with Gasteiger partial charge in [0, 0.05) is 18.0 Å². The Morgan fingerprint density at radius 3 is 3.06 bits per heavy atom. The number of esters is 1. The first kappa shape index (κ1) is 12.6. The third-order valence-electron chi connectivity index (χ3n) is 2.22. The molecule has 0 aliphatic rings. The van der Waals surface area contributed by atoms with Crippen molar-refractivity contribution < 1.29 is 9.53 Å². The van der Waals surface area contributed by atoms with Crippen molar-refractivity contribution in [2.45, 2.75) is 17.3 Å². The SMILES string of the molecule is COC(=O)[C@H](C)Sc1n[nH]c(-c2cccnc2)n1. The summed E-state index contributed by atoms with van der Waals surface area (Å²) in [6.45, 7) is 1.75. The summed E-state index contributed by atoms with van der Waals surface area (Å²) >= 11 is 1.24. The minimum atomic E-state index is -0.340. The van der Waals surface area contributed by atoms with E-state index in [4.69, 9.17) is 0 Å². The smallest absolute Gasteiger partial charge is 0.318 e. The van der Waals surface area contributed by atoms with Gasteiger partial charge in [-0.1, -0.05) is 11.8 Å². The van der Waals surface area contributed by atoms with E-state index in [1.807, 2.05) is 12.1 Å². The quantitative estimate of drug-likeness (QED) is 0.666. The van der Waals surface area contributed by atoms with E-state index in [9.17, 15) is 4.79 Å². The highest BCUT2D eigenvalue weighted by atomic mass is 32.2. The number of pyridine rings is 1. The van der Waals surface area contributed by atoms with E-state index in [-0.39, 0.29) is 11.2 Å². The summed E-state index contributed by atoms with van der Waals surface area (Å²) in [5.41, 5.74) is 0.850. The molecular weight excluding hydrogens is 252 g/mol. The maximum absolute atomic E-state index is 11.3. The van der Waals surface area contributed by atoms with Gasteiger partial charge >= 0.3 is 5.97 Å². The molecule has 18 heavy (non-hydrogen) atoms. The maximum Gasteiger partial charge on any atom is 0.318 e. The van der Waals surface area contributed by atoms with Gasteiger partial charge in [0.05, 0.1) is 7.11 Å². The van der Waals surface area contributed by atoms with Crippen LogP contribution in [-0.2, 0) is 9.53 Å². The van der Waals surface area contributed by atoms with Crippen molar-refractivity contribution in [1.82, 2.24) is 20.2 Å². The maximum atomic E-state index is 11.3. The van der Waals surface area contributed by atoms with Crippen LogP contribution in [0.15, 0.2) is 29.7 Å². The number of nitrogens with zero attached hydrogens (tertiary/aromatic N) is 3. The highest BCUT2D eigenvalue weighted by Gasteiger charge is 2.17. The Balaban J connectivity index is 2.09. The van der Waals surface area contributed by atoms with E-state index in [1.165, 1.54) is 18.9 Å². The van der Waals surface area contributed by atoms with E-state index in [0.29, 0.717) is 11.0 Å². The van der Waals surface area contributed by atoms with Crippen LogP contribution in [0.5, 0.6) is 0 Å². The summed E-state index contributed by atoms with van der Waals surface area (Å²) in [5, 5.41) is 7.02. The van der Waals surface area contributed by atoms with Gasteiger partial charge in [-0.2, -0.15) is 0 Å². The van der Waals surface area contributed by atoms with Crippen molar-refractivity contribution in [2.75, 3.05) is 7.11 Å². The molecule has 2 aromatic heterocycles. The molecule has 7 heteroatoms. The van der Waals surface area contributed by atoms with Gasteiger partial charge in [-0.25, -0.2) is 4.98 Å². The van der Waals surface area contributed by atoms with Crippen LogP contribution in [0, 0.1) is 0 Å². The van der Waals surface area contributed by atoms with Crippen LogP contribution >= 0.6 is 11.8 Å². The second-order valence-corrected chi connectivity index (χ2v) is 4.80. The number of aromatic nitrogens is 4. The monoisotopic (exact) mass is 264 g/mol. The molecular formula is C11H12N4O2S. The minimum Gasteiger partial charge on any atom is -0.468 e. The minimum absolute atomic E-state index is 0.298. The van der Waals surface area contributed by atoms with Crippen molar-refractivity contribution in [3.63, 3.8) is 0 Å². The molecule has 0 aromatic carbocycles. The third kappa shape index (κ3) is 2.86. The zero-order valence-corrected chi connectivity index (χ0v) is 10.8. The van der Waals surface area contributed by atoms with Crippen molar-refractivity contribution >= 4 is 17.7 Å². The van der Waals surface area contributed by atoms with Crippen LogP contribution in [0.4, 0.5) is 0 Å². The highest BCUT2D eigenvalue weighted by Crippen LogP contribution is 2.22. The van der Waals surface area contributed by atoms with Gasteiger partial charge in [-0.15, -0.1) is 5.10 Å². The molecule has 94 valence electrons. The number of carbonyl (C=O) groups excluding carboxylic acids is 1. The molecule has 6 nitrogen and oxygen atoms in total. The summed E-state index contributed by atoms with van der Waals surface area (Å²) in [6, 6.07) is 3.70. The van der Waals surface area contributed by atoms with E-state index in [0.717, 1.165) is 5.56 Å². The fourth-order valence-electron chi connectivity index (χ4n) is 1.30. The Labute approximate surface area is 108 Å². The molecule has 0 saturated carbocycles. The zero-order chi connectivity index (χ0) is 13.0. The number of ether oxygens (including phenoxy) is 1. The Bertz CT molecular complexity index is 529. The van der Waals surface area contributed by atoms with Gasteiger partial charge in [0.2, 0.25) is 5.16 Å². The summed E-state index contributed by atoms with van der Waals surface area (Å²) in [4.78, 5) is 19.6. The molecule has 0 radical (unpaired) electrons. The average molecular weight is 264 g/mol. The molecule has 1 N–H and O–H groups in total. The third-order valence-corrected chi connectivity index (χ3v) is 3.15. The number of carbonyl (C=O) groups is 1. The van der Waals surface area contributed by atoms with Gasteiger partial charge in [0.25, 0.3) is 0 Å². The van der Waals surface area contributed by atoms with E-state index in [1.54, 1.807) is 19.3 Å². The van der Waals surface area contributed by atoms with Crippen molar-refractivity contribution in [3.8, 4) is 11.4 Å². The molecule has 0 spiro atoms. The molecule has 0 fully saturated rings. The molecule has 0 saturated heterocycles. The molecule has 0 bridgehead atoms. The summed E-state index contributed by atoms with van der Waals surface area (Å²) in [7, 11) is 1.36. The normalized spacial score (nSPS) is 12.1. The van der Waals surface area contributed by atoms with E-state index >= 15 is 0 Å². The molecule has 0 aliphatic carbocycles. The number of rotatable bonds is 4. The number of hydrogen-bond donors (Lipinski definition) is 1.